The van der Waals surface area contributed by atoms with Crippen LogP contribution in [0.4, 0.5) is 4.79 Å². The van der Waals surface area contributed by atoms with Crippen molar-refractivity contribution in [3.8, 4) is 11.5 Å². The predicted molar refractivity (Wildman–Crippen MR) is 66.4 cm³/mol. The molecule has 0 radical (unpaired) electrons. The number of benzene rings is 1. The van der Waals surface area contributed by atoms with Crippen molar-refractivity contribution < 1.29 is 19.0 Å². The van der Waals surface area contributed by atoms with E-state index >= 15 is 0 Å². The summed E-state index contributed by atoms with van der Waals surface area (Å²) >= 11 is 0. The summed E-state index contributed by atoms with van der Waals surface area (Å²) in [5, 5.41) is 0. The van der Waals surface area contributed by atoms with Gasteiger partial charge < -0.3 is 19.1 Å². The minimum Gasteiger partial charge on any atom is -0.486 e. The van der Waals surface area contributed by atoms with Crippen LogP contribution in [-0.2, 0) is 4.74 Å². The summed E-state index contributed by atoms with van der Waals surface area (Å²) in [6.07, 6.45) is 1.82. The molecule has 1 saturated carbocycles. The first-order chi connectivity index (χ1) is 9.31. The fourth-order valence-corrected chi connectivity index (χ4v) is 2.60. The highest BCUT2D eigenvalue weighted by Gasteiger charge is 2.41. The molecule has 2 heterocycles. The fourth-order valence-electron chi connectivity index (χ4n) is 2.60. The number of fused-ring (bicyclic) bond motifs is 1. The number of hydrogen-bond donors (Lipinski definition) is 0. The van der Waals surface area contributed by atoms with E-state index in [2.05, 4.69) is 0 Å². The summed E-state index contributed by atoms with van der Waals surface area (Å²) in [6.45, 7) is 1.79. The quantitative estimate of drug-likeness (QED) is 0.818. The van der Waals surface area contributed by atoms with Gasteiger partial charge in [-0.2, -0.15) is 0 Å². The van der Waals surface area contributed by atoms with Crippen LogP contribution in [-0.4, -0.2) is 36.8 Å². The molecule has 4 rings (SSSR count). The Bertz CT molecular complexity index is 526. The molecular formula is C14H15NO4. The van der Waals surface area contributed by atoms with Gasteiger partial charge in [0.05, 0.1) is 6.54 Å². The molecule has 1 amide bonds. The molecule has 0 bridgehead atoms. The van der Waals surface area contributed by atoms with Crippen LogP contribution >= 0.6 is 0 Å². The Labute approximate surface area is 111 Å². The molecule has 100 valence electrons. The van der Waals surface area contributed by atoms with E-state index in [9.17, 15) is 4.79 Å². The second-order valence-corrected chi connectivity index (χ2v) is 5.16. The van der Waals surface area contributed by atoms with Crippen molar-refractivity contribution in [2.75, 3.05) is 19.8 Å². The lowest BCUT2D eigenvalue weighted by Crippen LogP contribution is -2.26. The molecule has 2 aliphatic heterocycles. The van der Waals surface area contributed by atoms with E-state index in [1.165, 1.54) is 0 Å². The lowest BCUT2D eigenvalue weighted by Gasteiger charge is -2.19. The highest BCUT2D eigenvalue weighted by atomic mass is 16.6. The van der Waals surface area contributed by atoms with E-state index in [0.717, 1.165) is 29.9 Å². The molecule has 5 nitrogen and oxygen atoms in total. The van der Waals surface area contributed by atoms with Gasteiger partial charge in [-0.1, -0.05) is 6.07 Å². The SMILES string of the molecule is O=C1OC(c2ccc3c(c2)OCCO3)CN1C1CC1. The Morgan fingerprint density at radius 1 is 1.11 bits per heavy atom. The Morgan fingerprint density at radius 3 is 2.68 bits per heavy atom. The van der Waals surface area contributed by atoms with E-state index in [1.807, 2.05) is 23.1 Å². The Balaban J connectivity index is 1.57. The van der Waals surface area contributed by atoms with Crippen LogP contribution < -0.4 is 9.47 Å². The van der Waals surface area contributed by atoms with Gasteiger partial charge in [-0.15, -0.1) is 0 Å². The van der Waals surface area contributed by atoms with Crippen LogP contribution in [0.15, 0.2) is 18.2 Å². The molecule has 3 aliphatic rings. The largest absolute Gasteiger partial charge is 0.486 e. The van der Waals surface area contributed by atoms with Gasteiger partial charge in [0.15, 0.2) is 11.5 Å². The standard InChI is InChI=1S/C14H15NO4/c16-14-15(10-2-3-10)8-13(19-14)9-1-4-11-12(7-9)18-6-5-17-11/h1,4,7,10,13H,2-3,5-6,8H2. The normalized spacial score (nSPS) is 25.4. The average Bonchev–Trinajstić information content (AvgIpc) is 3.21. The van der Waals surface area contributed by atoms with Crippen molar-refractivity contribution in [1.29, 1.82) is 0 Å². The van der Waals surface area contributed by atoms with Gasteiger partial charge >= 0.3 is 6.09 Å². The van der Waals surface area contributed by atoms with Gasteiger partial charge in [-0.05, 0) is 30.5 Å². The highest BCUT2D eigenvalue weighted by molar-refractivity contribution is 5.71. The zero-order valence-corrected chi connectivity index (χ0v) is 10.5. The Morgan fingerprint density at radius 2 is 1.89 bits per heavy atom. The third kappa shape index (κ3) is 1.89. The molecule has 0 aromatic heterocycles. The van der Waals surface area contributed by atoms with Gasteiger partial charge in [0.2, 0.25) is 0 Å². The van der Waals surface area contributed by atoms with Crippen LogP contribution in [0.25, 0.3) is 0 Å². The van der Waals surface area contributed by atoms with Crippen molar-refractivity contribution in [1.82, 2.24) is 4.90 Å². The second kappa shape index (κ2) is 4.05. The van der Waals surface area contributed by atoms with Crippen molar-refractivity contribution >= 4 is 6.09 Å². The number of rotatable bonds is 2. The number of cyclic esters (lactones) is 1. The first-order valence-corrected chi connectivity index (χ1v) is 6.68. The number of nitrogens with zero attached hydrogens (tertiary/aromatic N) is 1. The summed E-state index contributed by atoms with van der Waals surface area (Å²) in [5.41, 5.74) is 0.973. The van der Waals surface area contributed by atoms with Crippen molar-refractivity contribution in [2.45, 2.75) is 25.0 Å². The molecule has 19 heavy (non-hydrogen) atoms. The highest BCUT2D eigenvalue weighted by Crippen LogP contribution is 2.38. The number of ether oxygens (including phenoxy) is 3. The number of hydrogen-bond acceptors (Lipinski definition) is 4. The van der Waals surface area contributed by atoms with Crippen molar-refractivity contribution in [2.24, 2.45) is 0 Å². The minimum absolute atomic E-state index is 0.191. The molecule has 1 aliphatic carbocycles. The van der Waals surface area contributed by atoms with Gasteiger partial charge in [0.25, 0.3) is 0 Å². The van der Waals surface area contributed by atoms with Gasteiger partial charge in [-0.25, -0.2) is 4.79 Å². The van der Waals surface area contributed by atoms with Crippen LogP contribution in [0.3, 0.4) is 0 Å². The van der Waals surface area contributed by atoms with Gasteiger partial charge in [-0.3, -0.25) is 0 Å². The van der Waals surface area contributed by atoms with E-state index in [1.54, 1.807) is 0 Å². The maximum Gasteiger partial charge on any atom is 0.410 e. The summed E-state index contributed by atoms with van der Waals surface area (Å²) in [6, 6.07) is 6.15. The maximum absolute atomic E-state index is 11.8. The van der Waals surface area contributed by atoms with Crippen molar-refractivity contribution in [3.05, 3.63) is 23.8 Å². The summed E-state index contributed by atoms with van der Waals surface area (Å²) in [7, 11) is 0. The lowest BCUT2D eigenvalue weighted by molar-refractivity contribution is 0.131. The number of carbonyl (C=O) groups excluding carboxylic acids is 1. The molecular weight excluding hydrogens is 246 g/mol. The summed E-state index contributed by atoms with van der Waals surface area (Å²) in [4.78, 5) is 13.6. The smallest absolute Gasteiger partial charge is 0.410 e. The topological polar surface area (TPSA) is 48.0 Å². The van der Waals surface area contributed by atoms with E-state index in [4.69, 9.17) is 14.2 Å². The first-order valence-electron chi connectivity index (χ1n) is 6.68. The van der Waals surface area contributed by atoms with Crippen LogP contribution in [0.2, 0.25) is 0 Å². The molecule has 0 N–H and O–H groups in total. The van der Waals surface area contributed by atoms with Crippen LogP contribution in [0, 0.1) is 0 Å². The molecule has 2 fully saturated rings. The zero-order valence-electron chi connectivity index (χ0n) is 10.5. The van der Waals surface area contributed by atoms with E-state index in [0.29, 0.717) is 25.8 Å². The van der Waals surface area contributed by atoms with Gasteiger partial charge in [0, 0.05) is 6.04 Å². The zero-order chi connectivity index (χ0) is 12.8. The lowest BCUT2D eigenvalue weighted by atomic mass is 10.1. The second-order valence-electron chi connectivity index (χ2n) is 5.16. The molecule has 1 aromatic rings. The molecule has 0 spiro atoms. The molecule has 1 saturated heterocycles. The first kappa shape index (κ1) is 11.0. The van der Waals surface area contributed by atoms with Crippen molar-refractivity contribution in [3.63, 3.8) is 0 Å². The van der Waals surface area contributed by atoms with Crippen LogP contribution in [0.5, 0.6) is 11.5 Å². The van der Waals surface area contributed by atoms with Crippen LogP contribution in [0.1, 0.15) is 24.5 Å². The average molecular weight is 261 g/mol. The monoisotopic (exact) mass is 261 g/mol. The van der Waals surface area contributed by atoms with E-state index < -0.39 is 0 Å². The van der Waals surface area contributed by atoms with E-state index in [-0.39, 0.29) is 12.2 Å². The van der Waals surface area contributed by atoms with Gasteiger partial charge in [0.1, 0.15) is 19.3 Å². The summed E-state index contributed by atoms with van der Waals surface area (Å²) < 4.78 is 16.5. The summed E-state index contributed by atoms with van der Waals surface area (Å²) in [5.74, 6) is 1.50. The molecule has 5 heteroatoms. The molecule has 1 unspecified atom stereocenters. The third-order valence-corrected chi connectivity index (χ3v) is 3.77. The molecule has 1 atom stereocenters. The Hall–Kier alpha value is -1.91. The minimum atomic E-state index is -0.192. The third-order valence-electron chi connectivity index (χ3n) is 3.77. The predicted octanol–water partition coefficient (Wildman–Crippen LogP) is 2.11. The fraction of sp³-hybridized carbons (Fsp3) is 0.500. The number of carbonyl (C=O) groups is 1. The maximum atomic E-state index is 11.8. The number of amides is 1. The Kier molecular flexibility index (Phi) is 2.33. The molecule has 1 aromatic carbocycles.